The summed E-state index contributed by atoms with van der Waals surface area (Å²) >= 11 is 3.90. The monoisotopic (exact) mass is 254 g/mol. The van der Waals surface area contributed by atoms with E-state index in [1.165, 1.54) is 17.0 Å². The summed E-state index contributed by atoms with van der Waals surface area (Å²) in [6, 6.07) is 6.29. The Balaban J connectivity index is 2.94. The van der Waals surface area contributed by atoms with Gasteiger partial charge < -0.3 is 15.7 Å². The summed E-state index contributed by atoms with van der Waals surface area (Å²) in [6.45, 7) is 0.0480. The quantitative estimate of drug-likeness (QED) is 0.649. The third kappa shape index (κ3) is 3.47. The number of carbonyl (C=O) groups is 2. The van der Waals surface area contributed by atoms with Gasteiger partial charge in [-0.2, -0.15) is 12.6 Å². The summed E-state index contributed by atoms with van der Waals surface area (Å²) in [5.41, 5.74) is 6.08. The van der Waals surface area contributed by atoms with Crippen LogP contribution < -0.4 is 10.6 Å². The second-order valence-electron chi connectivity index (χ2n) is 3.34. The maximum Gasteiger partial charge on any atom is 0.248 e. The molecule has 1 aromatic rings. The number of nitrogens with zero attached hydrogens (tertiary/aromatic N) is 1. The van der Waals surface area contributed by atoms with Crippen LogP contribution in [-0.2, 0) is 4.79 Å². The topological polar surface area (TPSA) is 83.6 Å². The Kier molecular flexibility index (Phi) is 4.99. The van der Waals surface area contributed by atoms with Crippen molar-refractivity contribution < 1.29 is 14.7 Å². The fraction of sp³-hybridized carbons (Fsp3) is 0.273. The summed E-state index contributed by atoms with van der Waals surface area (Å²) in [5.74, 6) is -0.683. The van der Waals surface area contributed by atoms with Gasteiger partial charge in [0.2, 0.25) is 11.8 Å². The van der Waals surface area contributed by atoms with Crippen molar-refractivity contribution in [2.24, 2.45) is 5.73 Å². The number of hydrogen-bond donors (Lipinski definition) is 3. The van der Waals surface area contributed by atoms with E-state index in [-0.39, 0.29) is 24.8 Å². The minimum Gasteiger partial charge on any atom is -0.395 e. The Morgan fingerprint density at radius 1 is 1.29 bits per heavy atom. The first kappa shape index (κ1) is 13.5. The number of amides is 2. The zero-order chi connectivity index (χ0) is 12.8. The van der Waals surface area contributed by atoms with E-state index in [0.29, 0.717) is 11.3 Å². The highest BCUT2D eigenvalue weighted by Crippen LogP contribution is 2.15. The maximum absolute atomic E-state index is 11.6. The van der Waals surface area contributed by atoms with Crippen molar-refractivity contribution in [1.29, 1.82) is 0 Å². The van der Waals surface area contributed by atoms with Crippen molar-refractivity contribution in [2.75, 3.05) is 23.8 Å². The number of nitrogens with two attached hydrogens (primary N) is 1. The lowest BCUT2D eigenvalue weighted by atomic mass is 10.2. The molecule has 5 nitrogen and oxygen atoms in total. The number of rotatable bonds is 5. The maximum atomic E-state index is 11.6. The van der Waals surface area contributed by atoms with Crippen LogP contribution in [0.25, 0.3) is 0 Å². The Bertz CT molecular complexity index is 406. The van der Waals surface area contributed by atoms with E-state index in [4.69, 9.17) is 10.8 Å². The number of aliphatic hydroxyl groups excluding tert-OH is 1. The molecular formula is C11H14N2O3S. The lowest BCUT2D eigenvalue weighted by Gasteiger charge is -2.21. The molecule has 1 aromatic carbocycles. The van der Waals surface area contributed by atoms with Gasteiger partial charge >= 0.3 is 0 Å². The van der Waals surface area contributed by atoms with E-state index < -0.39 is 5.91 Å². The van der Waals surface area contributed by atoms with Crippen LogP contribution in [0, 0.1) is 0 Å². The van der Waals surface area contributed by atoms with Crippen molar-refractivity contribution in [3.8, 4) is 0 Å². The Labute approximate surface area is 105 Å². The molecule has 0 fully saturated rings. The van der Waals surface area contributed by atoms with E-state index >= 15 is 0 Å². The lowest BCUT2D eigenvalue weighted by molar-refractivity contribution is -0.116. The van der Waals surface area contributed by atoms with Crippen LogP contribution in [0.3, 0.4) is 0 Å². The van der Waals surface area contributed by atoms with Crippen molar-refractivity contribution in [1.82, 2.24) is 0 Å². The first-order valence-corrected chi connectivity index (χ1v) is 5.65. The minimum atomic E-state index is -0.522. The number of primary amides is 1. The average Bonchev–Trinajstić information content (AvgIpc) is 2.35. The van der Waals surface area contributed by atoms with Crippen molar-refractivity contribution in [3.05, 3.63) is 29.8 Å². The normalized spacial score (nSPS) is 10.0. The molecule has 0 atom stereocenters. The van der Waals surface area contributed by atoms with Gasteiger partial charge in [-0.15, -0.1) is 0 Å². The third-order valence-corrected chi connectivity index (χ3v) is 2.49. The zero-order valence-corrected chi connectivity index (χ0v) is 10.1. The number of hydrogen-bond acceptors (Lipinski definition) is 4. The lowest BCUT2D eigenvalue weighted by Crippen LogP contribution is -2.34. The van der Waals surface area contributed by atoms with Gasteiger partial charge in [-0.3, -0.25) is 9.59 Å². The van der Waals surface area contributed by atoms with Gasteiger partial charge in [-0.05, 0) is 24.3 Å². The van der Waals surface area contributed by atoms with Crippen LogP contribution in [-0.4, -0.2) is 35.8 Å². The highest BCUT2D eigenvalue weighted by Gasteiger charge is 2.13. The summed E-state index contributed by atoms with van der Waals surface area (Å²) in [6.07, 6.45) is 0. The van der Waals surface area contributed by atoms with E-state index in [9.17, 15) is 9.59 Å². The Morgan fingerprint density at radius 2 is 1.88 bits per heavy atom. The molecule has 0 saturated carbocycles. The van der Waals surface area contributed by atoms with Crippen molar-refractivity contribution in [2.45, 2.75) is 0 Å². The second-order valence-corrected chi connectivity index (χ2v) is 3.65. The standard InChI is InChI=1S/C11H14N2O3S/c12-11(16)8-1-3-9(4-2-8)13(5-6-14)10(15)7-17/h1-4,14,17H,5-7H2,(H2,12,16). The molecule has 6 heteroatoms. The number of benzene rings is 1. The largest absolute Gasteiger partial charge is 0.395 e. The smallest absolute Gasteiger partial charge is 0.248 e. The van der Waals surface area contributed by atoms with Gasteiger partial charge in [0.1, 0.15) is 0 Å². The van der Waals surface area contributed by atoms with Crippen LogP contribution in [0.1, 0.15) is 10.4 Å². The number of thiol groups is 1. The van der Waals surface area contributed by atoms with Crippen LogP contribution in [0.5, 0.6) is 0 Å². The van der Waals surface area contributed by atoms with Gasteiger partial charge in [0.15, 0.2) is 0 Å². The molecule has 0 aliphatic rings. The number of carbonyl (C=O) groups excluding carboxylic acids is 2. The van der Waals surface area contributed by atoms with Crippen LogP contribution in [0.15, 0.2) is 24.3 Å². The van der Waals surface area contributed by atoms with E-state index in [1.54, 1.807) is 12.1 Å². The third-order valence-electron chi connectivity index (χ3n) is 2.22. The van der Waals surface area contributed by atoms with Gasteiger partial charge in [-0.1, -0.05) is 0 Å². The molecule has 0 radical (unpaired) electrons. The molecule has 0 unspecified atom stereocenters. The molecule has 0 heterocycles. The predicted molar refractivity (Wildman–Crippen MR) is 68.3 cm³/mol. The molecule has 0 bridgehead atoms. The minimum absolute atomic E-state index is 0.0531. The highest BCUT2D eigenvalue weighted by atomic mass is 32.1. The number of aliphatic hydroxyl groups is 1. The Hall–Kier alpha value is -1.53. The summed E-state index contributed by atoms with van der Waals surface area (Å²) in [5, 5.41) is 8.89. The first-order valence-electron chi connectivity index (χ1n) is 5.02. The van der Waals surface area contributed by atoms with Crippen LogP contribution in [0.4, 0.5) is 5.69 Å². The summed E-state index contributed by atoms with van der Waals surface area (Å²) in [7, 11) is 0. The summed E-state index contributed by atoms with van der Waals surface area (Å²) in [4.78, 5) is 23.9. The molecule has 1 rings (SSSR count). The van der Waals surface area contributed by atoms with Crippen LogP contribution >= 0.6 is 12.6 Å². The molecule has 92 valence electrons. The molecule has 3 N–H and O–H groups in total. The fourth-order valence-electron chi connectivity index (χ4n) is 1.39. The van der Waals surface area contributed by atoms with Crippen LogP contribution in [0.2, 0.25) is 0 Å². The second kappa shape index (κ2) is 6.27. The molecule has 17 heavy (non-hydrogen) atoms. The molecule has 0 aromatic heterocycles. The first-order chi connectivity index (χ1) is 8.10. The van der Waals surface area contributed by atoms with Gasteiger partial charge in [0.25, 0.3) is 0 Å². The molecule has 0 saturated heterocycles. The molecule has 0 aliphatic heterocycles. The Morgan fingerprint density at radius 3 is 2.29 bits per heavy atom. The zero-order valence-electron chi connectivity index (χ0n) is 9.17. The van der Waals surface area contributed by atoms with Gasteiger partial charge in [0, 0.05) is 17.8 Å². The van der Waals surface area contributed by atoms with E-state index in [2.05, 4.69) is 12.6 Å². The molecule has 2 amide bonds. The highest BCUT2D eigenvalue weighted by molar-refractivity contribution is 7.81. The molecule has 0 spiro atoms. The van der Waals surface area contributed by atoms with Crippen molar-refractivity contribution in [3.63, 3.8) is 0 Å². The average molecular weight is 254 g/mol. The number of anilines is 1. The molecule has 0 aliphatic carbocycles. The fourth-order valence-corrected chi connectivity index (χ4v) is 1.56. The van der Waals surface area contributed by atoms with E-state index in [1.807, 2.05) is 0 Å². The van der Waals surface area contributed by atoms with Gasteiger partial charge in [-0.25, -0.2) is 0 Å². The van der Waals surface area contributed by atoms with Crippen molar-refractivity contribution >= 4 is 30.1 Å². The SMILES string of the molecule is NC(=O)c1ccc(N(CCO)C(=O)CS)cc1. The van der Waals surface area contributed by atoms with E-state index in [0.717, 1.165) is 0 Å². The summed E-state index contributed by atoms with van der Waals surface area (Å²) < 4.78 is 0. The predicted octanol–water partition coefficient (Wildman–Crippen LogP) is 0.0406. The molecular weight excluding hydrogens is 240 g/mol. The van der Waals surface area contributed by atoms with Gasteiger partial charge in [0.05, 0.1) is 12.4 Å².